The number of anilines is 1. The molecule has 33 heavy (non-hydrogen) atoms. The number of nitriles is 1. The number of sulfonamides is 1. The van der Waals surface area contributed by atoms with Crippen molar-refractivity contribution >= 4 is 21.6 Å². The zero-order chi connectivity index (χ0) is 24.0. The summed E-state index contributed by atoms with van der Waals surface area (Å²) in [7, 11) is -2.40. The Bertz CT molecular complexity index is 1260. The van der Waals surface area contributed by atoms with Crippen LogP contribution < -0.4 is 9.46 Å². The molecule has 0 saturated heterocycles. The lowest BCUT2D eigenvalue weighted by Gasteiger charge is -2.28. The van der Waals surface area contributed by atoms with Crippen molar-refractivity contribution in [1.29, 1.82) is 5.26 Å². The van der Waals surface area contributed by atoms with Crippen molar-refractivity contribution in [3.8, 4) is 11.8 Å². The van der Waals surface area contributed by atoms with Crippen molar-refractivity contribution in [2.45, 2.75) is 24.8 Å². The molecule has 0 saturated carbocycles. The standard InChI is InChI=1S/C25H25N3O4S/c1-4-28(18(2)20-11-9-19(17-26)10-12-20)25(29)21-13-15-22(16-14-21)33(30,31)27-23-7-5-6-8-24(23)32-3/h5-16,18,27H,4H2,1-3H3. The lowest BCUT2D eigenvalue weighted by molar-refractivity contribution is 0.0702. The van der Waals surface area contributed by atoms with Crippen LogP contribution in [-0.4, -0.2) is 32.9 Å². The minimum Gasteiger partial charge on any atom is -0.495 e. The molecule has 0 fully saturated rings. The highest BCUT2D eigenvalue weighted by molar-refractivity contribution is 7.92. The Morgan fingerprint density at radius 3 is 2.27 bits per heavy atom. The lowest BCUT2D eigenvalue weighted by Crippen LogP contribution is -2.33. The van der Waals surface area contributed by atoms with Gasteiger partial charge in [0, 0.05) is 12.1 Å². The molecule has 0 aromatic heterocycles. The summed E-state index contributed by atoms with van der Waals surface area (Å²) in [5.41, 5.74) is 2.17. The molecule has 3 rings (SSSR count). The van der Waals surface area contributed by atoms with Crippen LogP contribution in [0.4, 0.5) is 5.69 Å². The molecule has 170 valence electrons. The van der Waals surface area contributed by atoms with Crippen molar-refractivity contribution in [3.05, 3.63) is 89.5 Å². The molecule has 0 aliphatic heterocycles. The van der Waals surface area contributed by atoms with Crippen molar-refractivity contribution < 1.29 is 17.9 Å². The number of carbonyl (C=O) groups is 1. The summed E-state index contributed by atoms with van der Waals surface area (Å²) in [4.78, 5) is 14.9. The Hall–Kier alpha value is -3.83. The predicted octanol–water partition coefficient (Wildman–Crippen LogP) is 4.59. The van der Waals surface area contributed by atoms with Gasteiger partial charge in [-0.2, -0.15) is 5.26 Å². The molecule has 0 radical (unpaired) electrons. The SMILES string of the molecule is CCN(C(=O)c1ccc(S(=O)(=O)Nc2ccccc2OC)cc1)C(C)c1ccc(C#N)cc1. The summed E-state index contributed by atoms with van der Waals surface area (Å²) in [5, 5.41) is 8.98. The minimum absolute atomic E-state index is 0.0353. The Balaban J connectivity index is 1.80. The van der Waals surface area contributed by atoms with Gasteiger partial charge in [0.05, 0.1) is 35.4 Å². The van der Waals surface area contributed by atoms with E-state index in [1.54, 1.807) is 41.3 Å². The van der Waals surface area contributed by atoms with Gasteiger partial charge in [-0.25, -0.2) is 8.42 Å². The van der Waals surface area contributed by atoms with Gasteiger partial charge in [-0.3, -0.25) is 9.52 Å². The normalized spacial score (nSPS) is 11.8. The van der Waals surface area contributed by atoms with E-state index < -0.39 is 10.0 Å². The van der Waals surface area contributed by atoms with Crippen LogP contribution >= 0.6 is 0 Å². The van der Waals surface area contributed by atoms with Gasteiger partial charge in [-0.1, -0.05) is 24.3 Å². The summed E-state index contributed by atoms with van der Waals surface area (Å²) in [6.45, 7) is 4.27. The van der Waals surface area contributed by atoms with E-state index in [0.29, 0.717) is 29.1 Å². The number of methoxy groups -OCH3 is 1. The molecule has 0 spiro atoms. The third-order valence-electron chi connectivity index (χ3n) is 5.35. The third kappa shape index (κ3) is 5.33. The van der Waals surface area contributed by atoms with Crippen molar-refractivity contribution in [2.24, 2.45) is 0 Å². The maximum Gasteiger partial charge on any atom is 0.262 e. The predicted molar refractivity (Wildman–Crippen MR) is 127 cm³/mol. The second kappa shape index (κ2) is 10.2. The zero-order valence-corrected chi connectivity index (χ0v) is 19.5. The lowest BCUT2D eigenvalue weighted by atomic mass is 10.0. The van der Waals surface area contributed by atoms with E-state index in [1.165, 1.54) is 31.4 Å². The highest BCUT2D eigenvalue weighted by Gasteiger charge is 2.23. The van der Waals surface area contributed by atoms with Gasteiger partial charge < -0.3 is 9.64 Å². The summed E-state index contributed by atoms with van der Waals surface area (Å²) in [6, 6.07) is 21.5. The van der Waals surface area contributed by atoms with Gasteiger partial charge in [-0.15, -0.1) is 0 Å². The van der Waals surface area contributed by atoms with Crippen LogP contribution in [0.2, 0.25) is 0 Å². The fraction of sp³-hybridized carbons (Fsp3) is 0.200. The Kier molecular flexibility index (Phi) is 7.36. The second-order valence-electron chi connectivity index (χ2n) is 7.33. The fourth-order valence-electron chi connectivity index (χ4n) is 3.48. The highest BCUT2D eigenvalue weighted by atomic mass is 32.2. The van der Waals surface area contributed by atoms with E-state index in [0.717, 1.165) is 5.56 Å². The summed E-state index contributed by atoms with van der Waals surface area (Å²) in [6.07, 6.45) is 0. The maximum atomic E-state index is 13.1. The number of hydrogen-bond donors (Lipinski definition) is 1. The largest absolute Gasteiger partial charge is 0.495 e. The second-order valence-corrected chi connectivity index (χ2v) is 9.01. The molecule has 1 N–H and O–H groups in total. The van der Waals surface area contributed by atoms with Crippen LogP contribution in [0.1, 0.15) is 41.4 Å². The van der Waals surface area contributed by atoms with Crippen LogP contribution in [0, 0.1) is 11.3 Å². The molecule has 0 aliphatic carbocycles. The quantitative estimate of drug-likeness (QED) is 0.527. The number of nitrogens with one attached hydrogen (secondary N) is 1. The Labute approximate surface area is 194 Å². The van der Waals surface area contributed by atoms with Gasteiger partial charge in [-0.05, 0) is 67.9 Å². The first-order valence-corrected chi connectivity index (χ1v) is 11.9. The number of nitrogens with zero attached hydrogens (tertiary/aromatic N) is 2. The van der Waals surface area contributed by atoms with Gasteiger partial charge in [0.2, 0.25) is 0 Å². The molecule has 0 aliphatic rings. The number of carbonyl (C=O) groups excluding carboxylic acids is 1. The zero-order valence-electron chi connectivity index (χ0n) is 18.6. The first-order valence-electron chi connectivity index (χ1n) is 10.4. The number of amides is 1. The molecular weight excluding hydrogens is 438 g/mol. The average Bonchev–Trinajstić information content (AvgIpc) is 2.84. The van der Waals surface area contributed by atoms with E-state index in [-0.39, 0.29) is 16.8 Å². The van der Waals surface area contributed by atoms with E-state index in [4.69, 9.17) is 10.00 Å². The molecule has 1 amide bonds. The Morgan fingerprint density at radius 2 is 1.70 bits per heavy atom. The van der Waals surface area contributed by atoms with E-state index in [9.17, 15) is 13.2 Å². The molecule has 3 aromatic carbocycles. The number of rotatable bonds is 8. The monoisotopic (exact) mass is 463 g/mol. The highest BCUT2D eigenvalue weighted by Crippen LogP contribution is 2.27. The van der Waals surface area contributed by atoms with E-state index in [1.807, 2.05) is 26.0 Å². The Morgan fingerprint density at radius 1 is 1.06 bits per heavy atom. The molecule has 0 heterocycles. The number of benzene rings is 3. The van der Waals surface area contributed by atoms with Crippen LogP contribution in [-0.2, 0) is 10.0 Å². The molecule has 1 atom stereocenters. The van der Waals surface area contributed by atoms with E-state index >= 15 is 0 Å². The smallest absolute Gasteiger partial charge is 0.262 e. The van der Waals surface area contributed by atoms with Gasteiger partial charge in [0.15, 0.2) is 0 Å². The van der Waals surface area contributed by atoms with Gasteiger partial charge in [0.1, 0.15) is 5.75 Å². The van der Waals surface area contributed by atoms with Crippen LogP contribution in [0.25, 0.3) is 0 Å². The van der Waals surface area contributed by atoms with Crippen LogP contribution in [0.5, 0.6) is 5.75 Å². The minimum atomic E-state index is -3.86. The molecule has 7 nitrogen and oxygen atoms in total. The van der Waals surface area contributed by atoms with E-state index in [2.05, 4.69) is 10.8 Å². The first-order chi connectivity index (χ1) is 15.8. The van der Waals surface area contributed by atoms with Crippen molar-refractivity contribution in [2.75, 3.05) is 18.4 Å². The van der Waals surface area contributed by atoms with Gasteiger partial charge in [0.25, 0.3) is 15.9 Å². The summed E-state index contributed by atoms with van der Waals surface area (Å²) < 4.78 is 33.3. The average molecular weight is 464 g/mol. The summed E-state index contributed by atoms with van der Waals surface area (Å²) in [5.74, 6) is 0.194. The van der Waals surface area contributed by atoms with Crippen molar-refractivity contribution in [1.82, 2.24) is 4.90 Å². The number of para-hydroxylation sites is 2. The molecule has 8 heteroatoms. The third-order valence-corrected chi connectivity index (χ3v) is 6.74. The molecule has 3 aromatic rings. The maximum absolute atomic E-state index is 13.1. The molecule has 0 bridgehead atoms. The molecular formula is C25H25N3O4S. The summed E-state index contributed by atoms with van der Waals surface area (Å²) >= 11 is 0. The first kappa shape index (κ1) is 23.8. The number of hydrogen-bond acceptors (Lipinski definition) is 5. The topological polar surface area (TPSA) is 99.5 Å². The van der Waals surface area contributed by atoms with Crippen LogP contribution in [0.15, 0.2) is 77.7 Å². The van der Waals surface area contributed by atoms with Crippen LogP contribution in [0.3, 0.4) is 0 Å². The number of ether oxygens (including phenoxy) is 1. The fourth-order valence-corrected chi connectivity index (χ4v) is 4.55. The van der Waals surface area contributed by atoms with Crippen molar-refractivity contribution in [3.63, 3.8) is 0 Å². The molecule has 1 unspecified atom stereocenters. The van der Waals surface area contributed by atoms with Gasteiger partial charge >= 0.3 is 0 Å².